The summed E-state index contributed by atoms with van der Waals surface area (Å²) in [6.45, 7) is 8.91. The molecule has 1 aromatic carbocycles. The van der Waals surface area contributed by atoms with Gasteiger partial charge in [-0.05, 0) is 54.5 Å². The minimum absolute atomic E-state index is 0.0525. The molecule has 0 aliphatic heterocycles. The van der Waals surface area contributed by atoms with Gasteiger partial charge < -0.3 is 9.47 Å². The molecule has 0 bridgehead atoms. The van der Waals surface area contributed by atoms with Crippen molar-refractivity contribution < 1.29 is 13.2 Å². The molecule has 3 rings (SSSR count). The van der Waals surface area contributed by atoms with Crippen molar-refractivity contribution in [2.24, 2.45) is 7.05 Å². The average Bonchev–Trinajstić information content (AvgIpc) is 3.47. The third-order valence-electron chi connectivity index (χ3n) is 5.83. The Hall–Kier alpha value is -2.12. The van der Waals surface area contributed by atoms with Crippen LogP contribution in [0.25, 0.3) is 0 Å². The van der Waals surface area contributed by atoms with Crippen LogP contribution < -0.4 is 0 Å². The minimum Gasteiger partial charge on any atom is -0.353 e. The number of rotatable bonds is 9. The third-order valence-corrected chi connectivity index (χ3v) is 7.69. The van der Waals surface area contributed by atoms with Gasteiger partial charge in [0.1, 0.15) is 0 Å². The smallest absolute Gasteiger partial charge is 0.243 e. The van der Waals surface area contributed by atoms with E-state index in [0.717, 1.165) is 24.1 Å². The number of aromatic nitrogens is 1. The van der Waals surface area contributed by atoms with E-state index >= 15 is 0 Å². The zero-order valence-corrected chi connectivity index (χ0v) is 20.2. The van der Waals surface area contributed by atoms with Gasteiger partial charge in [0.25, 0.3) is 0 Å². The summed E-state index contributed by atoms with van der Waals surface area (Å²) in [5.41, 5.74) is 2.07. The standard InChI is InChI=1S/C24H35N3O3S/c1-6-15-26(31(29,30)22-13-9-19(10-14-22)24(2,3)4)18-23(28)27(20-11-12-20)17-21-8-7-16-25(21)5/h7-10,13-14,16,20H,6,11-12,15,17-18H2,1-5H3. The van der Waals surface area contributed by atoms with E-state index in [-0.39, 0.29) is 28.8 Å². The molecule has 1 fully saturated rings. The second-order valence-electron chi connectivity index (χ2n) is 9.48. The maximum Gasteiger partial charge on any atom is 0.243 e. The van der Waals surface area contributed by atoms with Crippen LogP contribution in [0.3, 0.4) is 0 Å². The first-order valence-electron chi connectivity index (χ1n) is 11.0. The summed E-state index contributed by atoms with van der Waals surface area (Å²) in [6, 6.07) is 11.2. The van der Waals surface area contributed by atoms with E-state index in [9.17, 15) is 13.2 Å². The van der Waals surface area contributed by atoms with Crippen LogP contribution in [0.5, 0.6) is 0 Å². The van der Waals surface area contributed by atoms with Gasteiger partial charge in [0.15, 0.2) is 0 Å². The molecule has 170 valence electrons. The van der Waals surface area contributed by atoms with E-state index in [0.29, 0.717) is 19.5 Å². The van der Waals surface area contributed by atoms with Crippen molar-refractivity contribution in [3.8, 4) is 0 Å². The molecule has 31 heavy (non-hydrogen) atoms. The number of hydrogen-bond acceptors (Lipinski definition) is 3. The molecule has 1 amide bonds. The Morgan fingerprint density at radius 2 is 1.77 bits per heavy atom. The summed E-state index contributed by atoms with van der Waals surface area (Å²) in [6.07, 6.45) is 4.56. The highest BCUT2D eigenvalue weighted by molar-refractivity contribution is 7.89. The molecule has 1 aliphatic rings. The van der Waals surface area contributed by atoms with Crippen LogP contribution in [-0.4, -0.2) is 47.2 Å². The van der Waals surface area contributed by atoms with Gasteiger partial charge in [0.05, 0.1) is 18.0 Å². The lowest BCUT2D eigenvalue weighted by atomic mass is 9.87. The van der Waals surface area contributed by atoms with E-state index in [1.807, 2.05) is 53.9 Å². The minimum atomic E-state index is -3.75. The van der Waals surface area contributed by atoms with Gasteiger partial charge in [-0.1, -0.05) is 39.8 Å². The molecule has 0 N–H and O–H groups in total. The monoisotopic (exact) mass is 445 g/mol. The first-order valence-corrected chi connectivity index (χ1v) is 12.5. The molecular formula is C24H35N3O3S. The number of carbonyl (C=O) groups is 1. The number of sulfonamides is 1. The highest BCUT2D eigenvalue weighted by atomic mass is 32.2. The van der Waals surface area contributed by atoms with Crippen molar-refractivity contribution in [3.63, 3.8) is 0 Å². The fourth-order valence-electron chi connectivity index (χ4n) is 3.69. The third kappa shape index (κ3) is 5.57. The van der Waals surface area contributed by atoms with Crippen molar-refractivity contribution in [1.82, 2.24) is 13.8 Å². The normalized spacial score (nSPS) is 14.8. The largest absolute Gasteiger partial charge is 0.353 e. The van der Waals surface area contributed by atoms with E-state index in [4.69, 9.17) is 0 Å². The Labute approximate surface area is 186 Å². The van der Waals surface area contributed by atoms with Gasteiger partial charge in [-0.25, -0.2) is 8.42 Å². The van der Waals surface area contributed by atoms with E-state index in [1.54, 1.807) is 12.1 Å². The predicted molar refractivity (Wildman–Crippen MR) is 123 cm³/mol. The zero-order chi connectivity index (χ0) is 22.8. The van der Waals surface area contributed by atoms with Gasteiger partial charge >= 0.3 is 0 Å². The molecule has 0 radical (unpaired) electrons. The Morgan fingerprint density at radius 1 is 1.13 bits per heavy atom. The quantitative estimate of drug-likeness (QED) is 0.588. The number of benzene rings is 1. The molecule has 2 aromatic rings. The topological polar surface area (TPSA) is 62.6 Å². The summed E-state index contributed by atoms with van der Waals surface area (Å²) in [5, 5.41) is 0. The van der Waals surface area contributed by atoms with Gasteiger partial charge in [-0.3, -0.25) is 4.79 Å². The first kappa shape index (κ1) is 23.5. The highest BCUT2D eigenvalue weighted by Crippen LogP contribution is 2.29. The second-order valence-corrected chi connectivity index (χ2v) is 11.4. The van der Waals surface area contributed by atoms with Crippen molar-refractivity contribution in [2.45, 2.75) is 69.9 Å². The summed E-state index contributed by atoms with van der Waals surface area (Å²) < 4.78 is 30.0. The number of hydrogen-bond donors (Lipinski definition) is 0. The highest BCUT2D eigenvalue weighted by Gasteiger charge is 2.35. The molecular weight excluding hydrogens is 410 g/mol. The lowest BCUT2D eigenvalue weighted by molar-refractivity contribution is -0.132. The molecule has 0 unspecified atom stereocenters. The van der Waals surface area contributed by atoms with Gasteiger partial charge in [-0.15, -0.1) is 0 Å². The lowest BCUT2D eigenvalue weighted by Gasteiger charge is -2.27. The molecule has 1 saturated carbocycles. The average molecular weight is 446 g/mol. The second kappa shape index (κ2) is 9.17. The van der Waals surface area contributed by atoms with Crippen LogP contribution in [0.2, 0.25) is 0 Å². The molecule has 1 aromatic heterocycles. The fourth-order valence-corrected chi connectivity index (χ4v) is 5.18. The molecule has 7 heteroatoms. The van der Waals surface area contributed by atoms with Crippen LogP contribution in [0.15, 0.2) is 47.5 Å². The van der Waals surface area contributed by atoms with E-state index in [1.165, 1.54) is 4.31 Å². The molecule has 0 atom stereocenters. The molecule has 0 saturated heterocycles. The predicted octanol–water partition coefficient (Wildman–Crippen LogP) is 3.91. The van der Waals surface area contributed by atoms with E-state index < -0.39 is 10.0 Å². The summed E-state index contributed by atoms with van der Waals surface area (Å²) in [4.78, 5) is 15.3. The molecule has 1 heterocycles. The Kier molecular flexibility index (Phi) is 6.96. The van der Waals surface area contributed by atoms with Gasteiger partial charge in [0.2, 0.25) is 15.9 Å². The number of amides is 1. The summed E-state index contributed by atoms with van der Waals surface area (Å²) in [5.74, 6) is -0.132. The first-order chi connectivity index (χ1) is 14.5. The van der Waals surface area contributed by atoms with Crippen LogP contribution >= 0.6 is 0 Å². The van der Waals surface area contributed by atoms with Crippen LogP contribution in [0.4, 0.5) is 0 Å². The number of aryl methyl sites for hydroxylation is 1. The summed E-state index contributed by atoms with van der Waals surface area (Å²) >= 11 is 0. The van der Waals surface area contributed by atoms with Crippen LogP contribution in [0, 0.1) is 0 Å². The number of carbonyl (C=O) groups excluding carboxylic acids is 1. The van der Waals surface area contributed by atoms with Gasteiger partial charge in [0, 0.05) is 31.5 Å². The molecule has 1 aliphatic carbocycles. The molecule has 6 nitrogen and oxygen atoms in total. The maximum atomic E-state index is 13.3. The number of nitrogens with zero attached hydrogens (tertiary/aromatic N) is 3. The van der Waals surface area contributed by atoms with Crippen LogP contribution in [-0.2, 0) is 33.8 Å². The summed E-state index contributed by atoms with van der Waals surface area (Å²) in [7, 11) is -1.79. The Balaban J connectivity index is 1.80. The maximum absolute atomic E-state index is 13.3. The lowest BCUT2D eigenvalue weighted by Crippen LogP contribution is -2.44. The fraction of sp³-hybridized carbons (Fsp3) is 0.542. The van der Waals surface area contributed by atoms with E-state index in [2.05, 4.69) is 20.8 Å². The SMILES string of the molecule is CCCN(CC(=O)N(Cc1cccn1C)C1CC1)S(=O)(=O)c1ccc(C(C)(C)C)cc1. The molecule has 0 spiro atoms. The van der Waals surface area contributed by atoms with Crippen molar-refractivity contribution in [1.29, 1.82) is 0 Å². The van der Waals surface area contributed by atoms with Crippen LogP contribution in [0.1, 0.15) is 58.2 Å². The Bertz CT molecular complexity index is 999. The van der Waals surface area contributed by atoms with Gasteiger partial charge in [-0.2, -0.15) is 4.31 Å². The zero-order valence-electron chi connectivity index (χ0n) is 19.3. The Morgan fingerprint density at radius 3 is 2.26 bits per heavy atom. The van der Waals surface area contributed by atoms with Crippen molar-refractivity contribution >= 4 is 15.9 Å². The van der Waals surface area contributed by atoms with Crippen molar-refractivity contribution in [3.05, 3.63) is 53.9 Å². The van der Waals surface area contributed by atoms with Crippen molar-refractivity contribution in [2.75, 3.05) is 13.1 Å².